The first-order chi connectivity index (χ1) is 8.19. The van der Waals surface area contributed by atoms with Gasteiger partial charge in [0.05, 0.1) is 24.7 Å². The number of ether oxygens (including phenoxy) is 1. The van der Waals surface area contributed by atoms with Crippen LogP contribution < -0.4 is 4.74 Å². The van der Waals surface area contributed by atoms with E-state index in [0.29, 0.717) is 23.4 Å². The van der Waals surface area contributed by atoms with Gasteiger partial charge in [0, 0.05) is 12.1 Å². The fraction of sp³-hybridized carbons (Fsp3) is 0.333. The Kier molecular flexibility index (Phi) is 3.39. The van der Waals surface area contributed by atoms with Crippen molar-refractivity contribution >= 4 is 0 Å². The van der Waals surface area contributed by atoms with Crippen LogP contribution in [0.5, 0.6) is 11.6 Å². The summed E-state index contributed by atoms with van der Waals surface area (Å²) in [4.78, 5) is 4.13. The molecule has 5 heteroatoms. The molecule has 0 aliphatic carbocycles. The molecule has 2 aromatic rings. The maximum Gasteiger partial charge on any atom is 0.219 e. The zero-order valence-electron chi connectivity index (χ0n) is 9.87. The molecular formula is C12H15N3O2. The molecule has 0 spiro atoms. The van der Waals surface area contributed by atoms with Gasteiger partial charge in [-0.2, -0.15) is 5.10 Å². The SMILES string of the molecule is CC(C)n1cc(Oc2cccc(CO)n2)cn1. The number of hydrogen-bond donors (Lipinski definition) is 1. The lowest BCUT2D eigenvalue weighted by molar-refractivity contribution is 0.275. The van der Waals surface area contributed by atoms with E-state index in [0.717, 1.165) is 0 Å². The average Bonchev–Trinajstić information content (AvgIpc) is 2.78. The molecule has 0 bridgehead atoms. The molecule has 90 valence electrons. The van der Waals surface area contributed by atoms with Crippen LogP contribution in [0.1, 0.15) is 25.6 Å². The lowest BCUT2D eigenvalue weighted by Gasteiger charge is -2.04. The zero-order valence-corrected chi connectivity index (χ0v) is 9.87. The third kappa shape index (κ3) is 2.82. The molecule has 0 aliphatic rings. The molecule has 0 saturated heterocycles. The van der Waals surface area contributed by atoms with E-state index in [1.54, 1.807) is 24.4 Å². The molecule has 1 N–H and O–H groups in total. The molecule has 0 unspecified atom stereocenters. The maximum atomic E-state index is 8.97. The predicted molar refractivity (Wildman–Crippen MR) is 62.8 cm³/mol. The molecule has 0 fully saturated rings. The van der Waals surface area contributed by atoms with Gasteiger partial charge in [0.1, 0.15) is 0 Å². The quantitative estimate of drug-likeness (QED) is 0.878. The smallest absolute Gasteiger partial charge is 0.219 e. The highest BCUT2D eigenvalue weighted by atomic mass is 16.5. The maximum absolute atomic E-state index is 8.97. The number of aliphatic hydroxyl groups excluding tert-OH is 1. The molecule has 2 rings (SSSR count). The number of nitrogens with zero attached hydrogens (tertiary/aromatic N) is 3. The highest BCUT2D eigenvalue weighted by molar-refractivity contribution is 5.23. The van der Waals surface area contributed by atoms with Crippen LogP contribution in [0.15, 0.2) is 30.6 Å². The average molecular weight is 233 g/mol. The second kappa shape index (κ2) is 4.97. The van der Waals surface area contributed by atoms with Crippen LogP contribution in [0, 0.1) is 0 Å². The Hall–Kier alpha value is -1.88. The number of hydrogen-bond acceptors (Lipinski definition) is 4. The Morgan fingerprint density at radius 1 is 1.41 bits per heavy atom. The first-order valence-corrected chi connectivity index (χ1v) is 5.48. The van der Waals surface area contributed by atoms with Crippen LogP contribution in [0.25, 0.3) is 0 Å². The van der Waals surface area contributed by atoms with Gasteiger partial charge in [-0.1, -0.05) is 6.07 Å². The number of aliphatic hydroxyl groups is 1. The minimum absolute atomic E-state index is 0.0948. The Balaban J connectivity index is 2.13. The lowest BCUT2D eigenvalue weighted by Crippen LogP contribution is -1.99. The fourth-order valence-electron chi connectivity index (χ4n) is 1.38. The molecule has 0 aliphatic heterocycles. The second-order valence-corrected chi connectivity index (χ2v) is 3.98. The van der Waals surface area contributed by atoms with Crippen molar-refractivity contribution in [2.24, 2.45) is 0 Å². The number of rotatable bonds is 4. The summed E-state index contributed by atoms with van der Waals surface area (Å²) in [5, 5.41) is 13.1. The normalized spacial score (nSPS) is 10.8. The van der Waals surface area contributed by atoms with Crippen molar-refractivity contribution in [1.82, 2.24) is 14.8 Å². The molecule has 0 aromatic carbocycles. The van der Waals surface area contributed by atoms with Crippen molar-refractivity contribution in [1.29, 1.82) is 0 Å². The molecule has 0 atom stereocenters. The largest absolute Gasteiger partial charge is 0.436 e. The van der Waals surface area contributed by atoms with E-state index in [4.69, 9.17) is 9.84 Å². The van der Waals surface area contributed by atoms with E-state index in [2.05, 4.69) is 10.1 Å². The first kappa shape index (κ1) is 11.6. The topological polar surface area (TPSA) is 60.2 Å². The van der Waals surface area contributed by atoms with Crippen molar-refractivity contribution in [2.75, 3.05) is 0 Å². The summed E-state index contributed by atoms with van der Waals surface area (Å²) in [5.41, 5.74) is 0.582. The molecule has 2 aromatic heterocycles. The third-order valence-electron chi connectivity index (χ3n) is 2.27. The van der Waals surface area contributed by atoms with Crippen LogP contribution in [-0.4, -0.2) is 19.9 Å². The molecule has 0 radical (unpaired) electrons. The Morgan fingerprint density at radius 2 is 2.24 bits per heavy atom. The Morgan fingerprint density at radius 3 is 2.88 bits per heavy atom. The van der Waals surface area contributed by atoms with Gasteiger partial charge in [0.15, 0.2) is 5.75 Å². The van der Waals surface area contributed by atoms with E-state index in [1.165, 1.54) is 0 Å². The van der Waals surface area contributed by atoms with Gasteiger partial charge in [-0.3, -0.25) is 4.68 Å². The van der Waals surface area contributed by atoms with Crippen LogP contribution in [0.4, 0.5) is 0 Å². The van der Waals surface area contributed by atoms with E-state index < -0.39 is 0 Å². The predicted octanol–water partition coefficient (Wildman–Crippen LogP) is 2.14. The molecular weight excluding hydrogens is 218 g/mol. The molecule has 2 heterocycles. The van der Waals surface area contributed by atoms with Crippen molar-refractivity contribution in [2.45, 2.75) is 26.5 Å². The zero-order chi connectivity index (χ0) is 12.3. The summed E-state index contributed by atoms with van der Waals surface area (Å²) in [6, 6.07) is 5.57. The minimum Gasteiger partial charge on any atom is -0.436 e. The second-order valence-electron chi connectivity index (χ2n) is 3.98. The van der Waals surface area contributed by atoms with Crippen LogP contribution in [-0.2, 0) is 6.61 Å². The van der Waals surface area contributed by atoms with Gasteiger partial charge < -0.3 is 9.84 Å². The van der Waals surface area contributed by atoms with E-state index in [9.17, 15) is 0 Å². The van der Waals surface area contributed by atoms with E-state index in [1.807, 2.05) is 24.7 Å². The van der Waals surface area contributed by atoms with Crippen LogP contribution in [0.2, 0.25) is 0 Å². The van der Waals surface area contributed by atoms with Gasteiger partial charge >= 0.3 is 0 Å². The minimum atomic E-state index is -0.0948. The summed E-state index contributed by atoms with van der Waals surface area (Å²) in [6.45, 7) is 3.99. The van der Waals surface area contributed by atoms with Crippen molar-refractivity contribution in [3.8, 4) is 11.6 Å². The van der Waals surface area contributed by atoms with Gasteiger partial charge in [-0.05, 0) is 19.9 Å². The van der Waals surface area contributed by atoms with Gasteiger partial charge in [-0.15, -0.1) is 0 Å². The third-order valence-corrected chi connectivity index (χ3v) is 2.27. The van der Waals surface area contributed by atoms with Crippen LogP contribution >= 0.6 is 0 Å². The van der Waals surface area contributed by atoms with Crippen molar-refractivity contribution in [3.63, 3.8) is 0 Å². The highest BCUT2D eigenvalue weighted by Crippen LogP contribution is 2.19. The molecule has 0 saturated carbocycles. The number of aromatic nitrogens is 3. The van der Waals surface area contributed by atoms with Gasteiger partial charge in [-0.25, -0.2) is 4.98 Å². The summed E-state index contributed by atoms with van der Waals surface area (Å²) < 4.78 is 7.36. The van der Waals surface area contributed by atoms with Crippen LogP contribution in [0.3, 0.4) is 0 Å². The lowest BCUT2D eigenvalue weighted by atomic mass is 10.4. The Labute approximate surface area is 99.7 Å². The summed E-state index contributed by atoms with van der Waals surface area (Å²) in [7, 11) is 0. The highest BCUT2D eigenvalue weighted by Gasteiger charge is 2.04. The molecule has 17 heavy (non-hydrogen) atoms. The van der Waals surface area contributed by atoms with Gasteiger partial charge in [0.25, 0.3) is 0 Å². The van der Waals surface area contributed by atoms with Crippen molar-refractivity contribution in [3.05, 3.63) is 36.3 Å². The monoisotopic (exact) mass is 233 g/mol. The summed E-state index contributed by atoms with van der Waals surface area (Å²) in [6.07, 6.45) is 3.46. The van der Waals surface area contributed by atoms with Gasteiger partial charge in [0.2, 0.25) is 5.88 Å². The van der Waals surface area contributed by atoms with E-state index in [-0.39, 0.29) is 6.61 Å². The fourth-order valence-corrected chi connectivity index (χ4v) is 1.38. The Bertz CT molecular complexity index is 494. The standard InChI is InChI=1S/C12H15N3O2/c1-9(2)15-7-11(6-13-15)17-12-5-3-4-10(8-16)14-12/h3-7,9,16H,8H2,1-2H3. The van der Waals surface area contributed by atoms with Crippen molar-refractivity contribution < 1.29 is 9.84 Å². The summed E-state index contributed by atoms with van der Waals surface area (Å²) >= 11 is 0. The number of pyridine rings is 1. The summed E-state index contributed by atoms with van der Waals surface area (Å²) in [5.74, 6) is 1.10. The molecule has 0 amide bonds. The first-order valence-electron chi connectivity index (χ1n) is 5.48. The molecule has 5 nitrogen and oxygen atoms in total. The van der Waals surface area contributed by atoms with E-state index >= 15 is 0 Å².